The first-order chi connectivity index (χ1) is 6.68. The van der Waals surface area contributed by atoms with E-state index >= 15 is 0 Å². The fourth-order valence-corrected chi connectivity index (χ4v) is 1.13. The van der Waals surface area contributed by atoms with Gasteiger partial charge in [0.1, 0.15) is 11.6 Å². The van der Waals surface area contributed by atoms with Crippen LogP contribution in [-0.2, 0) is 4.79 Å². The molecule has 76 valence electrons. The molecule has 1 aromatic rings. The molecular formula is C11H16N2O. The fraction of sp³-hybridized carbons (Fsp3) is 0.455. The Balaban J connectivity index is 2.25. The van der Waals surface area contributed by atoms with Crippen LogP contribution >= 0.6 is 0 Å². The molecule has 0 saturated heterocycles. The van der Waals surface area contributed by atoms with Crippen LogP contribution in [0.2, 0.25) is 0 Å². The second-order valence-corrected chi connectivity index (χ2v) is 3.45. The van der Waals surface area contributed by atoms with Gasteiger partial charge in [-0.15, -0.1) is 0 Å². The van der Waals surface area contributed by atoms with Crippen molar-refractivity contribution in [1.82, 2.24) is 4.98 Å². The highest BCUT2D eigenvalue weighted by Gasteiger charge is 1.94. The lowest BCUT2D eigenvalue weighted by Gasteiger charge is -2.04. The van der Waals surface area contributed by atoms with Gasteiger partial charge >= 0.3 is 0 Å². The van der Waals surface area contributed by atoms with E-state index in [9.17, 15) is 4.79 Å². The second kappa shape index (κ2) is 5.37. The molecule has 0 amide bonds. The van der Waals surface area contributed by atoms with Gasteiger partial charge in [0.15, 0.2) is 0 Å². The Morgan fingerprint density at radius 2 is 2.29 bits per heavy atom. The molecule has 3 heteroatoms. The molecule has 3 nitrogen and oxygen atoms in total. The van der Waals surface area contributed by atoms with E-state index in [1.807, 2.05) is 25.3 Å². The van der Waals surface area contributed by atoms with Crippen LogP contribution in [0, 0.1) is 6.92 Å². The predicted molar refractivity (Wildman–Crippen MR) is 57.4 cm³/mol. The Kier molecular flexibility index (Phi) is 4.11. The lowest BCUT2D eigenvalue weighted by molar-refractivity contribution is -0.117. The van der Waals surface area contributed by atoms with E-state index in [0.29, 0.717) is 6.42 Å². The third-order valence-corrected chi connectivity index (χ3v) is 1.92. The van der Waals surface area contributed by atoms with E-state index < -0.39 is 0 Å². The summed E-state index contributed by atoms with van der Waals surface area (Å²) in [6.07, 6.45) is 3.33. The highest BCUT2D eigenvalue weighted by Crippen LogP contribution is 2.03. The van der Waals surface area contributed by atoms with Gasteiger partial charge in [0.05, 0.1) is 0 Å². The molecule has 1 N–H and O–H groups in total. The summed E-state index contributed by atoms with van der Waals surface area (Å²) in [5, 5.41) is 3.16. The predicted octanol–water partition coefficient (Wildman–Crippen LogP) is 2.17. The van der Waals surface area contributed by atoms with Crippen molar-refractivity contribution in [2.75, 3.05) is 11.9 Å². The lowest BCUT2D eigenvalue weighted by atomic mass is 10.2. The van der Waals surface area contributed by atoms with Crippen molar-refractivity contribution < 1.29 is 4.79 Å². The summed E-state index contributed by atoms with van der Waals surface area (Å²) in [5.41, 5.74) is 1.15. The molecule has 1 aromatic heterocycles. The molecule has 0 fully saturated rings. The number of anilines is 1. The molecule has 0 radical (unpaired) electrons. The number of hydrogen-bond donors (Lipinski definition) is 1. The number of carbonyl (C=O) groups excluding carboxylic acids is 1. The standard InChI is InChI=1S/C11H16N2O/c1-9-5-6-11(13-8-9)12-7-3-4-10(2)14/h5-6,8H,3-4,7H2,1-2H3,(H,12,13). The van der Waals surface area contributed by atoms with Gasteiger partial charge < -0.3 is 10.1 Å². The quantitative estimate of drug-likeness (QED) is 0.727. The number of nitrogens with zero attached hydrogens (tertiary/aromatic N) is 1. The van der Waals surface area contributed by atoms with E-state index in [2.05, 4.69) is 10.3 Å². The van der Waals surface area contributed by atoms with Gasteiger partial charge in [-0.3, -0.25) is 0 Å². The molecule has 0 unspecified atom stereocenters. The van der Waals surface area contributed by atoms with Crippen molar-refractivity contribution in [3.8, 4) is 0 Å². The second-order valence-electron chi connectivity index (χ2n) is 3.45. The van der Waals surface area contributed by atoms with Gasteiger partial charge in [0, 0.05) is 19.2 Å². The Bertz CT molecular complexity index is 293. The Morgan fingerprint density at radius 3 is 2.86 bits per heavy atom. The number of carbonyl (C=O) groups is 1. The van der Waals surface area contributed by atoms with Gasteiger partial charge in [0.2, 0.25) is 0 Å². The summed E-state index contributed by atoms with van der Waals surface area (Å²) < 4.78 is 0. The summed E-state index contributed by atoms with van der Waals surface area (Å²) in [6, 6.07) is 3.96. The molecule has 0 bridgehead atoms. The largest absolute Gasteiger partial charge is 0.370 e. The average Bonchev–Trinajstić information content (AvgIpc) is 2.15. The maximum Gasteiger partial charge on any atom is 0.129 e. The monoisotopic (exact) mass is 192 g/mol. The first-order valence-corrected chi connectivity index (χ1v) is 4.84. The number of Topliss-reactive ketones (excluding diaryl/α,β-unsaturated/α-hetero) is 1. The highest BCUT2D eigenvalue weighted by atomic mass is 16.1. The van der Waals surface area contributed by atoms with Gasteiger partial charge in [0.25, 0.3) is 0 Å². The van der Waals surface area contributed by atoms with Crippen molar-refractivity contribution in [1.29, 1.82) is 0 Å². The molecule has 0 aliphatic rings. The van der Waals surface area contributed by atoms with Crippen LogP contribution in [-0.4, -0.2) is 17.3 Å². The topological polar surface area (TPSA) is 42.0 Å². The number of hydrogen-bond acceptors (Lipinski definition) is 3. The van der Waals surface area contributed by atoms with Crippen molar-refractivity contribution in [3.05, 3.63) is 23.9 Å². The normalized spacial score (nSPS) is 9.86. The van der Waals surface area contributed by atoms with E-state index in [1.54, 1.807) is 6.92 Å². The third kappa shape index (κ3) is 4.03. The molecule has 0 aromatic carbocycles. The number of nitrogens with one attached hydrogen (secondary N) is 1. The number of pyridine rings is 1. The van der Waals surface area contributed by atoms with Crippen LogP contribution in [0.1, 0.15) is 25.3 Å². The number of rotatable bonds is 5. The molecule has 14 heavy (non-hydrogen) atoms. The summed E-state index contributed by atoms with van der Waals surface area (Å²) in [6.45, 7) is 4.42. The summed E-state index contributed by atoms with van der Waals surface area (Å²) in [7, 11) is 0. The van der Waals surface area contributed by atoms with Crippen LogP contribution in [0.3, 0.4) is 0 Å². The molecular weight excluding hydrogens is 176 g/mol. The lowest BCUT2D eigenvalue weighted by Crippen LogP contribution is -2.04. The first kappa shape index (κ1) is 10.7. The zero-order valence-corrected chi connectivity index (χ0v) is 8.71. The van der Waals surface area contributed by atoms with Gasteiger partial charge in [-0.25, -0.2) is 4.98 Å². The molecule has 1 rings (SSSR count). The van der Waals surface area contributed by atoms with Crippen LogP contribution in [0.5, 0.6) is 0 Å². The fourth-order valence-electron chi connectivity index (χ4n) is 1.13. The zero-order chi connectivity index (χ0) is 10.4. The Morgan fingerprint density at radius 1 is 1.50 bits per heavy atom. The minimum Gasteiger partial charge on any atom is -0.370 e. The summed E-state index contributed by atoms with van der Waals surface area (Å²) in [5.74, 6) is 1.11. The maximum absolute atomic E-state index is 10.7. The molecule has 0 aliphatic heterocycles. The van der Waals surface area contributed by atoms with E-state index in [4.69, 9.17) is 0 Å². The molecule has 0 saturated carbocycles. The number of ketones is 1. The molecule has 1 heterocycles. The van der Waals surface area contributed by atoms with Crippen molar-refractivity contribution >= 4 is 11.6 Å². The summed E-state index contributed by atoms with van der Waals surface area (Å²) in [4.78, 5) is 14.9. The Labute approximate surface area is 84.6 Å². The van der Waals surface area contributed by atoms with E-state index in [-0.39, 0.29) is 5.78 Å². The van der Waals surface area contributed by atoms with E-state index in [0.717, 1.165) is 24.3 Å². The molecule has 0 aliphatic carbocycles. The van der Waals surface area contributed by atoms with Crippen molar-refractivity contribution in [2.24, 2.45) is 0 Å². The average molecular weight is 192 g/mol. The van der Waals surface area contributed by atoms with Gasteiger partial charge in [-0.2, -0.15) is 0 Å². The van der Waals surface area contributed by atoms with Crippen LogP contribution in [0.15, 0.2) is 18.3 Å². The van der Waals surface area contributed by atoms with Crippen LogP contribution in [0.4, 0.5) is 5.82 Å². The maximum atomic E-state index is 10.7. The van der Waals surface area contributed by atoms with Gasteiger partial charge in [-0.05, 0) is 31.9 Å². The smallest absolute Gasteiger partial charge is 0.129 e. The first-order valence-electron chi connectivity index (χ1n) is 4.84. The summed E-state index contributed by atoms with van der Waals surface area (Å²) >= 11 is 0. The highest BCUT2D eigenvalue weighted by molar-refractivity contribution is 5.75. The number of aromatic nitrogens is 1. The number of aryl methyl sites for hydroxylation is 1. The van der Waals surface area contributed by atoms with Crippen molar-refractivity contribution in [3.63, 3.8) is 0 Å². The Hall–Kier alpha value is -1.38. The zero-order valence-electron chi connectivity index (χ0n) is 8.71. The van der Waals surface area contributed by atoms with E-state index in [1.165, 1.54) is 0 Å². The minimum atomic E-state index is 0.240. The van der Waals surface area contributed by atoms with Gasteiger partial charge in [-0.1, -0.05) is 6.07 Å². The van der Waals surface area contributed by atoms with Crippen LogP contribution < -0.4 is 5.32 Å². The minimum absolute atomic E-state index is 0.240. The van der Waals surface area contributed by atoms with Crippen molar-refractivity contribution in [2.45, 2.75) is 26.7 Å². The SMILES string of the molecule is CC(=O)CCCNc1ccc(C)cn1. The molecule has 0 spiro atoms. The van der Waals surface area contributed by atoms with Crippen LogP contribution in [0.25, 0.3) is 0 Å². The molecule has 0 atom stereocenters. The third-order valence-electron chi connectivity index (χ3n) is 1.92.